The number of benzene rings is 2. The molecule has 3 aromatic rings. The first kappa shape index (κ1) is 17.8. The maximum Gasteiger partial charge on any atom is 0.319 e. The molecule has 0 unspecified atom stereocenters. The highest BCUT2D eigenvalue weighted by Crippen LogP contribution is 2.26. The van der Waals surface area contributed by atoms with Crippen LogP contribution in [0.2, 0.25) is 5.02 Å². The van der Waals surface area contributed by atoms with Crippen LogP contribution >= 0.6 is 11.6 Å². The number of hydrogen-bond donors (Lipinski definition) is 2. The molecule has 0 aliphatic rings. The molecule has 0 saturated carbocycles. The summed E-state index contributed by atoms with van der Waals surface area (Å²) < 4.78 is 6.88. The minimum atomic E-state index is -0.301. The molecule has 0 aliphatic heterocycles. The Labute approximate surface area is 156 Å². The van der Waals surface area contributed by atoms with Crippen LogP contribution in [0.15, 0.2) is 60.9 Å². The minimum absolute atomic E-state index is 0.301. The molecule has 7 heteroatoms. The number of anilines is 1. The lowest BCUT2D eigenvalue weighted by Crippen LogP contribution is -2.30. The lowest BCUT2D eigenvalue weighted by Gasteiger charge is -2.10. The van der Waals surface area contributed by atoms with E-state index >= 15 is 0 Å². The van der Waals surface area contributed by atoms with Gasteiger partial charge in [0.25, 0.3) is 0 Å². The van der Waals surface area contributed by atoms with Crippen LogP contribution in [0.5, 0.6) is 5.75 Å². The van der Waals surface area contributed by atoms with Crippen LogP contribution in [0.4, 0.5) is 10.5 Å². The Morgan fingerprint density at radius 3 is 2.69 bits per heavy atom. The van der Waals surface area contributed by atoms with Gasteiger partial charge in [-0.2, -0.15) is 5.10 Å². The molecule has 2 aromatic carbocycles. The summed E-state index contributed by atoms with van der Waals surface area (Å²) >= 11 is 6.11. The van der Waals surface area contributed by atoms with E-state index in [-0.39, 0.29) is 6.03 Å². The molecular formula is C19H19ClN4O2. The van der Waals surface area contributed by atoms with E-state index < -0.39 is 0 Å². The van der Waals surface area contributed by atoms with Crippen LogP contribution in [-0.2, 0) is 6.42 Å². The number of methoxy groups -OCH3 is 1. The number of aromatic nitrogens is 2. The van der Waals surface area contributed by atoms with Gasteiger partial charge in [0.15, 0.2) is 0 Å². The molecule has 1 aromatic heterocycles. The standard InChI is InChI=1S/C19H19ClN4O2/c1-26-16-7-8-18(17(20)13-16)23-19(25)21-11-9-14-3-5-15(6-4-14)24-12-2-10-22-24/h2-8,10,12-13H,9,11H2,1H3,(H2,21,23,25). The Hall–Kier alpha value is -2.99. The van der Waals surface area contributed by atoms with Crippen LogP contribution in [-0.4, -0.2) is 29.5 Å². The fraction of sp³-hybridized carbons (Fsp3) is 0.158. The molecule has 1 heterocycles. The number of halogens is 1. The summed E-state index contributed by atoms with van der Waals surface area (Å²) in [5, 5.41) is 10.2. The number of nitrogens with one attached hydrogen (secondary N) is 2. The Kier molecular flexibility index (Phi) is 5.76. The molecule has 0 fully saturated rings. The van der Waals surface area contributed by atoms with Crippen molar-refractivity contribution in [3.63, 3.8) is 0 Å². The van der Waals surface area contributed by atoms with Crippen molar-refractivity contribution < 1.29 is 9.53 Å². The van der Waals surface area contributed by atoms with E-state index in [1.807, 2.05) is 36.5 Å². The average Bonchev–Trinajstić information content (AvgIpc) is 3.18. The number of urea groups is 1. The molecule has 6 nitrogen and oxygen atoms in total. The van der Waals surface area contributed by atoms with Crippen molar-refractivity contribution in [1.82, 2.24) is 15.1 Å². The van der Waals surface area contributed by atoms with Crippen molar-refractivity contribution in [2.75, 3.05) is 19.0 Å². The molecule has 3 rings (SSSR count). The van der Waals surface area contributed by atoms with Gasteiger partial charge in [-0.05, 0) is 42.3 Å². The molecular weight excluding hydrogens is 352 g/mol. The quantitative estimate of drug-likeness (QED) is 0.691. The highest BCUT2D eigenvalue weighted by Gasteiger charge is 2.06. The minimum Gasteiger partial charge on any atom is -0.497 e. The zero-order valence-electron chi connectivity index (χ0n) is 14.3. The van der Waals surface area contributed by atoms with Gasteiger partial charge in [0.2, 0.25) is 0 Å². The highest BCUT2D eigenvalue weighted by molar-refractivity contribution is 6.33. The third-order valence-corrected chi connectivity index (χ3v) is 4.14. The van der Waals surface area contributed by atoms with Gasteiger partial charge >= 0.3 is 6.03 Å². The van der Waals surface area contributed by atoms with Gasteiger partial charge in [0, 0.05) is 25.0 Å². The molecule has 0 saturated heterocycles. The van der Waals surface area contributed by atoms with E-state index in [0.717, 1.165) is 17.7 Å². The van der Waals surface area contributed by atoms with Crippen LogP contribution in [0.3, 0.4) is 0 Å². The van der Waals surface area contributed by atoms with Crippen molar-refractivity contribution in [2.45, 2.75) is 6.42 Å². The smallest absolute Gasteiger partial charge is 0.319 e. The third-order valence-electron chi connectivity index (χ3n) is 3.83. The number of rotatable bonds is 6. The van der Waals surface area contributed by atoms with Gasteiger partial charge in [-0.15, -0.1) is 0 Å². The Bertz CT molecular complexity index is 864. The largest absolute Gasteiger partial charge is 0.497 e. The number of ether oxygens (including phenoxy) is 1. The van der Waals surface area contributed by atoms with Crippen LogP contribution in [0, 0.1) is 0 Å². The van der Waals surface area contributed by atoms with Gasteiger partial charge in [-0.1, -0.05) is 23.7 Å². The molecule has 134 valence electrons. The molecule has 0 atom stereocenters. The van der Waals surface area contributed by atoms with Gasteiger partial charge in [-0.3, -0.25) is 0 Å². The predicted molar refractivity (Wildman–Crippen MR) is 102 cm³/mol. The van der Waals surface area contributed by atoms with E-state index in [1.165, 1.54) is 0 Å². The number of carbonyl (C=O) groups is 1. The maximum absolute atomic E-state index is 12.0. The topological polar surface area (TPSA) is 68.2 Å². The monoisotopic (exact) mass is 370 g/mol. The van der Waals surface area contributed by atoms with Crippen molar-refractivity contribution in [2.24, 2.45) is 0 Å². The van der Waals surface area contributed by atoms with E-state index in [0.29, 0.717) is 23.0 Å². The fourth-order valence-corrected chi connectivity index (χ4v) is 2.67. The normalized spacial score (nSPS) is 10.4. The van der Waals surface area contributed by atoms with Gasteiger partial charge in [-0.25, -0.2) is 9.48 Å². The van der Waals surface area contributed by atoms with E-state index in [4.69, 9.17) is 16.3 Å². The summed E-state index contributed by atoms with van der Waals surface area (Å²) in [6.07, 6.45) is 4.36. The first-order chi connectivity index (χ1) is 12.7. The van der Waals surface area contributed by atoms with Crippen molar-refractivity contribution in [3.05, 3.63) is 71.5 Å². The van der Waals surface area contributed by atoms with Crippen LogP contribution < -0.4 is 15.4 Å². The lowest BCUT2D eigenvalue weighted by molar-refractivity contribution is 0.252. The summed E-state index contributed by atoms with van der Waals surface area (Å²) in [6, 6.07) is 14.7. The summed E-state index contributed by atoms with van der Waals surface area (Å²) in [6.45, 7) is 0.515. The number of nitrogens with zero attached hydrogens (tertiary/aromatic N) is 2. The fourth-order valence-electron chi connectivity index (χ4n) is 2.45. The second-order valence-corrected chi connectivity index (χ2v) is 6.00. The first-order valence-electron chi connectivity index (χ1n) is 8.13. The van der Waals surface area contributed by atoms with Crippen molar-refractivity contribution in [3.8, 4) is 11.4 Å². The number of amides is 2. The lowest BCUT2D eigenvalue weighted by atomic mass is 10.1. The van der Waals surface area contributed by atoms with Gasteiger partial charge in [0.05, 0.1) is 23.5 Å². The van der Waals surface area contributed by atoms with Crippen LogP contribution in [0.25, 0.3) is 5.69 Å². The molecule has 0 spiro atoms. The number of hydrogen-bond acceptors (Lipinski definition) is 3. The molecule has 26 heavy (non-hydrogen) atoms. The molecule has 2 amide bonds. The second kappa shape index (κ2) is 8.40. The summed E-state index contributed by atoms with van der Waals surface area (Å²) in [5.74, 6) is 0.638. The molecule has 2 N–H and O–H groups in total. The average molecular weight is 371 g/mol. The van der Waals surface area contributed by atoms with E-state index in [9.17, 15) is 4.79 Å². The van der Waals surface area contributed by atoms with Crippen LogP contribution in [0.1, 0.15) is 5.56 Å². The van der Waals surface area contributed by atoms with Crippen molar-refractivity contribution >= 4 is 23.3 Å². The maximum atomic E-state index is 12.0. The zero-order chi connectivity index (χ0) is 18.4. The van der Waals surface area contributed by atoms with Gasteiger partial charge in [0.1, 0.15) is 5.75 Å². The Balaban J connectivity index is 1.48. The highest BCUT2D eigenvalue weighted by atomic mass is 35.5. The third kappa shape index (κ3) is 4.55. The van der Waals surface area contributed by atoms with Gasteiger partial charge < -0.3 is 15.4 Å². The number of carbonyl (C=O) groups excluding carboxylic acids is 1. The SMILES string of the molecule is COc1ccc(NC(=O)NCCc2ccc(-n3cccn3)cc2)c(Cl)c1. The van der Waals surface area contributed by atoms with E-state index in [1.54, 1.807) is 36.2 Å². The first-order valence-corrected chi connectivity index (χ1v) is 8.51. The second-order valence-electron chi connectivity index (χ2n) is 5.59. The summed E-state index contributed by atoms with van der Waals surface area (Å²) in [5.41, 5.74) is 2.66. The summed E-state index contributed by atoms with van der Waals surface area (Å²) in [4.78, 5) is 12.0. The molecule has 0 bridgehead atoms. The molecule has 0 radical (unpaired) electrons. The Morgan fingerprint density at radius 2 is 2.04 bits per heavy atom. The zero-order valence-corrected chi connectivity index (χ0v) is 15.0. The van der Waals surface area contributed by atoms with E-state index in [2.05, 4.69) is 15.7 Å². The predicted octanol–water partition coefficient (Wildman–Crippen LogP) is 3.90. The summed E-state index contributed by atoms with van der Waals surface area (Å²) in [7, 11) is 1.56. The van der Waals surface area contributed by atoms with Crippen molar-refractivity contribution in [1.29, 1.82) is 0 Å². The molecule has 0 aliphatic carbocycles. The Morgan fingerprint density at radius 1 is 1.23 bits per heavy atom.